The second-order valence-corrected chi connectivity index (χ2v) is 0.791. The molecule has 1 aliphatic heterocycles. The minimum Gasteiger partial charge on any atom is -0.106 e. The molecular weight excluding hydrogens is 96.1 g/mol. The molecule has 0 aromatic heterocycles. The van der Waals surface area contributed by atoms with E-state index >= 15 is 0 Å². The summed E-state index contributed by atoms with van der Waals surface area (Å²) in [7, 11) is 0. The fraction of sp³-hybridized carbons (Fsp3) is 0. The van der Waals surface area contributed by atoms with Crippen LogP contribution in [0.3, 0.4) is 0 Å². The van der Waals surface area contributed by atoms with Gasteiger partial charge < -0.3 is 0 Å². The molecule has 0 aliphatic carbocycles. The predicted octanol–water partition coefficient (Wildman–Crippen LogP) is 0.415. The molecule has 6 nitrogen and oxygen atoms in total. The van der Waals surface area contributed by atoms with E-state index in [1.807, 2.05) is 0 Å². The van der Waals surface area contributed by atoms with Crippen LogP contribution in [0.1, 0.15) is 0 Å². The van der Waals surface area contributed by atoms with Gasteiger partial charge in [0.25, 0.3) is 0 Å². The lowest BCUT2D eigenvalue weighted by molar-refractivity contribution is -0.122. The van der Waals surface area contributed by atoms with Gasteiger partial charge in [-0.3, -0.25) is 0 Å². The van der Waals surface area contributed by atoms with E-state index in [0.717, 1.165) is 0 Å². The molecule has 0 saturated carbocycles. The molecule has 1 rings (SSSR count). The highest BCUT2D eigenvalue weighted by Gasteiger charge is 2.13. The quantitative estimate of drug-likeness (QED) is 0.335. The molecule has 6 heteroatoms. The van der Waals surface area contributed by atoms with Crippen LogP contribution in [0.25, 0.3) is 0 Å². The molecule has 0 aromatic rings. The van der Waals surface area contributed by atoms with Gasteiger partial charge in [-0.1, -0.05) is 5.53 Å². The average Bonchev–Trinajstić information content (AvgIpc) is 2.14. The lowest BCUT2D eigenvalue weighted by atomic mass is 11.1. The van der Waals surface area contributed by atoms with E-state index in [0.29, 0.717) is 0 Å². The Morgan fingerprint density at radius 3 is 2.14 bits per heavy atom. The van der Waals surface area contributed by atoms with Gasteiger partial charge in [0.15, 0.2) is 0 Å². The van der Waals surface area contributed by atoms with Gasteiger partial charge >= 0.3 is 5.96 Å². The van der Waals surface area contributed by atoms with Gasteiger partial charge in [-0.25, -0.2) is 0 Å². The molecule has 34 valence electrons. The van der Waals surface area contributed by atoms with Crippen molar-refractivity contribution < 1.29 is 4.79 Å². The van der Waals surface area contributed by atoms with E-state index in [9.17, 15) is 0 Å². The maximum absolute atomic E-state index is 6.28. The fourth-order valence-electron chi connectivity index (χ4n) is 0.185. The Balaban J connectivity index is 3.00. The van der Waals surface area contributed by atoms with Crippen LogP contribution in [0, 0.1) is 5.53 Å². The highest BCUT2D eigenvalue weighted by molar-refractivity contribution is 5.75. The largest absolute Gasteiger partial charge is 0.592 e. The number of nitrogens with one attached hydrogen (secondary N) is 1. The summed E-state index contributed by atoms with van der Waals surface area (Å²) in [5.41, 5.74) is 6.28. The van der Waals surface area contributed by atoms with Crippen LogP contribution in [-0.4, -0.2) is 10.7 Å². The summed E-state index contributed by atoms with van der Waals surface area (Å²) in [5, 5.41) is 12.6. The third kappa shape index (κ3) is 0.531. The van der Waals surface area contributed by atoms with Crippen molar-refractivity contribution >= 4 is 5.96 Å². The normalized spacial score (nSPS) is 15.1. The van der Waals surface area contributed by atoms with E-state index in [2.05, 4.69) is 25.5 Å². The topological polar surface area (TPSA) is 87.4 Å². The van der Waals surface area contributed by atoms with Crippen molar-refractivity contribution in [2.24, 2.45) is 20.7 Å². The Labute approximate surface area is 38.2 Å². The van der Waals surface area contributed by atoms with E-state index in [1.54, 1.807) is 0 Å². The summed E-state index contributed by atoms with van der Waals surface area (Å²) in [6, 6.07) is 0. The maximum atomic E-state index is 6.28. The second-order valence-electron chi connectivity index (χ2n) is 0.791. The summed E-state index contributed by atoms with van der Waals surface area (Å²) in [6.45, 7) is 0. The highest BCUT2D eigenvalue weighted by atomic mass is 15.6. The van der Waals surface area contributed by atoms with Crippen LogP contribution in [0.4, 0.5) is 0 Å². The first-order valence-corrected chi connectivity index (χ1v) is 1.49. The van der Waals surface area contributed by atoms with Gasteiger partial charge in [0, 0.05) is 0 Å². The molecule has 1 aliphatic rings. The summed E-state index contributed by atoms with van der Waals surface area (Å²) in [4.78, 5) is 2.83. The number of guanidine groups is 1. The molecule has 0 unspecified atom stereocenters. The van der Waals surface area contributed by atoms with Crippen LogP contribution in [0.5, 0.6) is 0 Å². The van der Waals surface area contributed by atoms with Gasteiger partial charge in [0.2, 0.25) is 0 Å². The molecule has 0 radical (unpaired) electrons. The SMILES string of the molecule is N=[N+]=C1N=NN=N1. The standard InChI is InChI=1S/CHN6/c2-3-1-4-6-7-5-1/h2H/q+1. The van der Waals surface area contributed by atoms with Crippen molar-refractivity contribution in [3.63, 3.8) is 0 Å². The molecule has 0 fully saturated rings. The molecule has 0 amide bonds. The third-order valence-corrected chi connectivity index (χ3v) is 0.408. The Bertz CT molecular complexity index is 155. The van der Waals surface area contributed by atoms with Crippen molar-refractivity contribution in [2.75, 3.05) is 0 Å². The van der Waals surface area contributed by atoms with Crippen LogP contribution in [0.15, 0.2) is 20.7 Å². The monoisotopic (exact) mass is 97.0 g/mol. The summed E-state index contributed by atoms with van der Waals surface area (Å²) in [5.74, 6) is 0.000000000000000222. The zero-order valence-corrected chi connectivity index (χ0v) is 3.24. The van der Waals surface area contributed by atoms with Crippen LogP contribution < -0.4 is 0 Å². The van der Waals surface area contributed by atoms with Gasteiger partial charge in [-0.15, -0.1) is 4.79 Å². The minimum atomic E-state index is 0.000000000000000222. The molecule has 1 heterocycles. The lowest BCUT2D eigenvalue weighted by Crippen LogP contribution is -1.80. The number of nitrogens with zero attached hydrogens (tertiary/aromatic N) is 5. The Hall–Kier alpha value is -1.42. The molecule has 1 N–H and O–H groups in total. The first kappa shape index (κ1) is 3.76. The van der Waals surface area contributed by atoms with Gasteiger partial charge in [0.05, 0.1) is 20.7 Å². The molecule has 0 spiro atoms. The van der Waals surface area contributed by atoms with Crippen molar-refractivity contribution in [1.29, 1.82) is 5.53 Å². The summed E-state index contributed by atoms with van der Waals surface area (Å²) >= 11 is 0. The zero-order chi connectivity index (χ0) is 5.11. The van der Waals surface area contributed by atoms with Gasteiger partial charge in [0.1, 0.15) is 0 Å². The summed E-state index contributed by atoms with van der Waals surface area (Å²) in [6.07, 6.45) is 0. The smallest absolute Gasteiger partial charge is 0.106 e. The zero-order valence-electron chi connectivity index (χ0n) is 3.24. The first-order valence-electron chi connectivity index (χ1n) is 1.49. The van der Waals surface area contributed by atoms with Crippen molar-refractivity contribution in [2.45, 2.75) is 0 Å². The van der Waals surface area contributed by atoms with Crippen LogP contribution >= 0.6 is 0 Å². The van der Waals surface area contributed by atoms with Crippen LogP contribution in [-0.2, 0) is 0 Å². The summed E-state index contributed by atoms with van der Waals surface area (Å²) < 4.78 is 0. The highest BCUT2D eigenvalue weighted by Crippen LogP contribution is 1.91. The number of hydrogen-bond donors (Lipinski definition) is 1. The second kappa shape index (κ2) is 1.36. The molecule has 0 atom stereocenters. The van der Waals surface area contributed by atoms with Crippen molar-refractivity contribution in [3.05, 3.63) is 0 Å². The predicted molar refractivity (Wildman–Crippen MR) is 17.7 cm³/mol. The Kier molecular flexibility index (Phi) is 0.728. The Morgan fingerprint density at radius 2 is 1.86 bits per heavy atom. The van der Waals surface area contributed by atoms with Crippen molar-refractivity contribution in [1.82, 2.24) is 0 Å². The van der Waals surface area contributed by atoms with Crippen LogP contribution in [0.2, 0.25) is 0 Å². The van der Waals surface area contributed by atoms with E-state index in [4.69, 9.17) is 5.53 Å². The van der Waals surface area contributed by atoms with Gasteiger partial charge in [-0.2, -0.15) is 0 Å². The molecule has 0 aromatic carbocycles. The first-order chi connectivity index (χ1) is 3.43. The van der Waals surface area contributed by atoms with Crippen molar-refractivity contribution in [3.8, 4) is 0 Å². The third-order valence-electron chi connectivity index (χ3n) is 0.408. The fourth-order valence-corrected chi connectivity index (χ4v) is 0.185. The van der Waals surface area contributed by atoms with E-state index in [1.165, 1.54) is 0 Å². The Morgan fingerprint density at radius 1 is 1.29 bits per heavy atom. The number of hydrogen-bond acceptors (Lipinski definition) is 3. The maximum Gasteiger partial charge on any atom is 0.592 e. The minimum absolute atomic E-state index is 0.000000000000000222. The van der Waals surface area contributed by atoms with Gasteiger partial charge in [-0.05, 0) is 0 Å². The van der Waals surface area contributed by atoms with E-state index < -0.39 is 0 Å². The molecular formula is CHN6+. The molecule has 0 bridgehead atoms. The van der Waals surface area contributed by atoms with E-state index in [-0.39, 0.29) is 5.96 Å². The lowest BCUT2D eigenvalue weighted by Gasteiger charge is -1.43. The molecule has 7 heavy (non-hydrogen) atoms. The average molecular weight is 97.1 g/mol. The molecule has 0 saturated heterocycles. The number of rotatable bonds is 0.